The van der Waals surface area contributed by atoms with Crippen LogP contribution in [0.2, 0.25) is 0 Å². The van der Waals surface area contributed by atoms with Crippen LogP contribution >= 0.6 is 0 Å². The first-order valence-corrected chi connectivity index (χ1v) is 13.1. The van der Waals surface area contributed by atoms with E-state index in [9.17, 15) is 10.2 Å². The van der Waals surface area contributed by atoms with E-state index in [1.54, 1.807) is 0 Å². The van der Waals surface area contributed by atoms with Gasteiger partial charge in [-0.25, -0.2) is 0 Å². The Balaban J connectivity index is 1.81. The van der Waals surface area contributed by atoms with Crippen LogP contribution in [0.25, 0.3) is 0 Å². The molecular formula is C26H50O5. The number of aliphatic hydroxyl groups is 3. The maximum Gasteiger partial charge on any atom is 0.114 e. The molecule has 1 rings (SSSR count). The zero-order valence-electron chi connectivity index (χ0n) is 20.1. The Morgan fingerprint density at radius 1 is 0.839 bits per heavy atom. The van der Waals surface area contributed by atoms with Crippen molar-refractivity contribution in [3.05, 3.63) is 12.2 Å². The highest BCUT2D eigenvalue weighted by molar-refractivity contribution is 4.88. The van der Waals surface area contributed by atoms with E-state index >= 15 is 0 Å². The Morgan fingerprint density at radius 2 is 1.35 bits per heavy atom. The van der Waals surface area contributed by atoms with Gasteiger partial charge in [0, 0.05) is 6.61 Å². The Morgan fingerprint density at radius 3 is 1.90 bits per heavy atom. The molecule has 0 spiro atoms. The third-order valence-electron chi connectivity index (χ3n) is 6.22. The molecule has 1 heterocycles. The summed E-state index contributed by atoms with van der Waals surface area (Å²) >= 11 is 0. The second kappa shape index (κ2) is 20.2. The van der Waals surface area contributed by atoms with Crippen LogP contribution in [0.5, 0.6) is 0 Å². The number of ether oxygens (including phenoxy) is 2. The van der Waals surface area contributed by atoms with Crippen molar-refractivity contribution in [3.63, 3.8) is 0 Å². The van der Waals surface area contributed by atoms with E-state index in [0.29, 0.717) is 6.61 Å². The number of rotatable bonds is 21. The van der Waals surface area contributed by atoms with Gasteiger partial charge in [0.15, 0.2) is 0 Å². The molecule has 4 atom stereocenters. The number of hydrogen-bond donors (Lipinski definition) is 3. The standard InChI is InChI=1S/C26H50O5/c1-2-3-4-5-6-7-8-9-10-11-12-13-14-15-16-17-18-19-20-30-24-22-31-26(25(24)29)23(28)21-27/h15-16,23-29H,2-14,17-22H2,1H3/b16-15+/t23-,24+,25+,26+/m1/s1. The van der Waals surface area contributed by atoms with E-state index in [4.69, 9.17) is 14.6 Å². The van der Waals surface area contributed by atoms with Crippen LogP contribution in [0, 0.1) is 0 Å². The van der Waals surface area contributed by atoms with E-state index in [0.717, 1.165) is 19.3 Å². The molecule has 0 aromatic carbocycles. The van der Waals surface area contributed by atoms with Gasteiger partial charge in [-0.05, 0) is 32.1 Å². The van der Waals surface area contributed by atoms with E-state index in [2.05, 4.69) is 19.1 Å². The van der Waals surface area contributed by atoms with E-state index in [1.165, 1.54) is 83.5 Å². The molecular weight excluding hydrogens is 392 g/mol. The van der Waals surface area contributed by atoms with Gasteiger partial charge in [-0.1, -0.05) is 89.7 Å². The Kier molecular flexibility index (Phi) is 18.6. The molecule has 0 bridgehead atoms. The van der Waals surface area contributed by atoms with Crippen LogP contribution in [-0.4, -0.2) is 59.6 Å². The largest absolute Gasteiger partial charge is 0.394 e. The summed E-state index contributed by atoms with van der Waals surface area (Å²) in [5.74, 6) is 0. The average Bonchev–Trinajstić information content (AvgIpc) is 3.15. The highest BCUT2D eigenvalue weighted by atomic mass is 16.6. The summed E-state index contributed by atoms with van der Waals surface area (Å²) in [6.45, 7) is 2.71. The first-order valence-electron chi connectivity index (χ1n) is 13.1. The van der Waals surface area contributed by atoms with Crippen molar-refractivity contribution in [1.29, 1.82) is 0 Å². The predicted octanol–water partition coefficient (Wildman–Crippen LogP) is 5.30. The molecule has 0 aromatic rings. The van der Waals surface area contributed by atoms with Gasteiger partial charge < -0.3 is 24.8 Å². The van der Waals surface area contributed by atoms with Gasteiger partial charge in [0.25, 0.3) is 0 Å². The van der Waals surface area contributed by atoms with Crippen molar-refractivity contribution in [1.82, 2.24) is 0 Å². The molecule has 1 fully saturated rings. The summed E-state index contributed by atoms with van der Waals surface area (Å²) < 4.78 is 11.0. The van der Waals surface area contributed by atoms with Gasteiger partial charge in [-0.3, -0.25) is 0 Å². The van der Waals surface area contributed by atoms with Gasteiger partial charge in [0.2, 0.25) is 0 Å². The molecule has 5 heteroatoms. The molecule has 1 aliphatic rings. The van der Waals surface area contributed by atoms with Crippen LogP contribution in [0.15, 0.2) is 12.2 Å². The molecule has 0 aliphatic carbocycles. The van der Waals surface area contributed by atoms with Gasteiger partial charge in [-0.15, -0.1) is 0 Å². The fourth-order valence-corrected chi connectivity index (χ4v) is 4.14. The third-order valence-corrected chi connectivity index (χ3v) is 6.22. The minimum atomic E-state index is -1.06. The van der Waals surface area contributed by atoms with Crippen molar-refractivity contribution >= 4 is 0 Å². The van der Waals surface area contributed by atoms with Crippen molar-refractivity contribution in [2.24, 2.45) is 0 Å². The molecule has 1 aliphatic heterocycles. The van der Waals surface area contributed by atoms with Crippen LogP contribution in [0.1, 0.15) is 110 Å². The lowest BCUT2D eigenvalue weighted by Crippen LogP contribution is -2.41. The first-order chi connectivity index (χ1) is 15.2. The number of aliphatic hydroxyl groups excluding tert-OH is 3. The van der Waals surface area contributed by atoms with Crippen molar-refractivity contribution < 1.29 is 24.8 Å². The lowest BCUT2D eigenvalue weighted by Gasteiger charge is -2.20. The lowest BCUT2D eigenvalue weighted by molar-refractivity contribution is -0.0730. The van der Waals surface area contributed by atoms with E-state index in [-0.39, 0.29) is 6.61 Å². The minimum Gasteiger partial charge on any atom is -0.394 e. The summed E-state index contributed by atoms with van der Waals surface area (Å²) in [5, 5.41) is 28.6. The van der Waals surface area contributed by atoms with Crippen LogP contribution in [0.4, 0.5) is 0 Å². The van der Waals surface area contributed by atoms with Crippen LogP contribution in [0.3, 0.4) is 0 Å². The smallest absolute Gasteiger partial charge is 0.114 e. The molecule has 0 amide bonds. The summed E-state index contributed by atoms with van der Waals surface area (Å²) in [6.07, 6.45) is 22.5. The second-order valence-electron chi connectivity index (χ2n) is 9.09. The highest BCUT2D eigenvalue weighted by Gasteiger charge is 2.40. The molecule has 0 radical (unpaired) electrons. The van der Waals surface area contributed by atoms with Crippen LogP contribution < -0.4 is 0 Å². The number of unbranched alkanes of at least 4 members (excludes halogenated alkanes) is 14. The SMILES string of the molecule is CCCCCCCCCCCCCC/C=C/CCCCO[C@H]1CO[C@@H]([C@H](O)CO)[C@H]1O. The van der Waals surface area contributed by atoms with E-state index < -0.39 is 31.0 Å². The summed E-state index contributed by atoms with van der Waals surface area (Å²) in [4.78, 5) is 0. The topological polar surface area (TPSA) is 79.2 Å². The molecule has 0 saturated carbocycles. The predicted molar refractivity (Wildman–Crippen MR) is 127 cm³/mol. The van der Waals surface area contributed by atoms with Gasteiger partial charge in [0.05, 0.1) is 13.2 Å². The number of allylic oxidation sites excluding steroid dienone is 2. The van der Waals surface area contributed by atoms with Crippen molar-refractivity contribution in [2.45, 2.75) is 134 Å². The molecule has 31 heavy (non-hydrogen) atoms. The minimum absolute atomic E-state index is 0.266. The maximum atomic E-state index is 10.1. The van der Waals surface area contributed by atoms with Crippen molar-refractivity contribution in [2.75, 3.05) is 19.8 Å². The maximum absolute atomic E-state index is 10.1. The molecule has 1 saturated heterocycles. The fraction of sp³-hybridized carbons (Fsp3) is 0.923. The molecule has 3 N–H and O–H groups in total. The molecule has 184 valence electrons. The number of hydrogen-bond acceptors (Lipinski definition) is 5. The summed E-state index contributed by atoms with van der Waals surface area (Å²) in [6, 6.07) is 0. The average molecular weight is 443 g/mol. The first kappa shape index (κ1) is 28.6. The Bertz CT molecular complexity index is 415. The lowest BCUT2D eigenvalue weighted by atomic mass is 10.0. The van der Waals surface area contributed by atoms with Gasteiger partial charge in [-0.2, -0.15) is 0 Å². The van der Waals surface area contributed by atoms with Crippen molar-refractivity contribution in [3.8, 4) is 0 Å². The zero-order valence-corrected chi connectivity index (χ0v) is 20.1. The fourth-order valence-electron chi connectivity index (χ4n) is 4.14. The zero-order chi connectivity index (χ0) is 22.6. The van der Waals surface area contributed by atoms with Gasteiger partial charge in [0.1, 0.15) is 24.4 Å². The summed E-state index contributed by atoms with van der Waals surface area (Å²) in [5.41, 5.74) is 0. The highest BCUT2D eigenvalue weighted by Crippen LogP contribution is 2.20. The van der Waals surface area contributed by atoms with E-state index in [1.807, 2.05) is 0 Å². The Hall–Kier alpha value is -0.460. The normalized spacial score (nSPS) is 22.5. The summed E-state index contributed by atoms with van der Waals surface area (Å²) in [7, 11) is 0. The third kappa shape index (κ3) is 14.3. The quantitative estimate of drug-likeness (QED) is 0.166. The molecule has 5 nitrogen and oxygen atoms in total. The monoisotopic (exact) mass is 442 g/mol. The van der Waals surface area contributed by atoms with Gasteiger partial charge >= 0.3 is 0 Å². The second-order valence-corrected chi connectivity index (χ2v) is 9.09. The molecule has 0 aromatic heterocycles. The molecule has 0 unspecified atom stereocenters. The Labute approximate surface area is 191 Å². The van der Waals surface area contributed by atoms with Crippen LogP contribution in [-0.2, 0) is 9.47 Å².